The highest BCUT2D eigenvalue weighted by molar-refractivity contribution is 6.30. The molecule has 0 unspecified atom stereocenters. The van der Waals surface area contributed by atoms with Gasteiger partial charge in [0.05, 0.1) is 0 Å². The molecule has 1 fully saturated rings. The van der Waals surface area contributed by atoms with Crippen LogP contribution in [0.15, 0.2) is 18.2 Å². The van der Waals surface area contributed by atoms with Gasteiger partial charge >= 0.3 is 0 Å². The predicted molar refractivity (Wildman–Crippen MR) is 57.7 cm³/mol. The molecule has 0 spiro atoms. The van der Waals surface area contributed by atoms with Crippen molar-refractivity contribution in [3.05, 3.63) is 28.8 Å². The Labute approximate surface area is 88.7 Å². The zero-order valence-electron chi connectivity index (χ0n) is 7.96. The van der Waals surface area contributed by atoms with Gasteiger partial charge in [-0.25, -0.2) is 0 Å². The van der Waals surface area contributed by atoms with E-state index >= 15 is 0 Å². The second-order valence-corrected chi connectivity index (χ2v) is 4.42. The van der Waals surface area contributed by atoms with Crippen LogP contribution in [-0.2, 0) is 5.41 Å². The average molecular weight is 212 g/mol. The standard InChI is InChI=1S/C11H14ClNO/c12-8-1-2-10(14)9(7-8)11(3-4-11)5-6-13/h1-2,7,14H,3-6,13H2. The first-order chi connectivity index (χ1) is 6.68. The number of phenols is 1. The fraction of sp³-hybridized carbons (Fsp3) is 0.455. The molecule has 0 atom stereocenters. The van der Waals surface area contributed by atoms with E-state index in [1.807, 2.05) is 6.07 Å². The molecular weight excluding hydrogens is 198 g/mol. The summed E-state index contributed by atoms with van der Waals surface area (Å²) in [6.45, 7) is 0.659. The van der Waals surface area contributed by atoms with Gasteiger partial charge in [-0.05, 0) is 44.0 Å². The molecule has 0 bridgehead atoms. The van der Waals surface area contributed by atoms with Gasteiger partial charge in [-0.3, -0.25) is 0 Å². The van der Waals surface area contributed by atoms with E-state index in [0.29, 0.717) is 17.3 Å². The van der Waals surface area contributed by atoms with E-state index in [0.717, 1.165) is 24.8 Å². The summed E-state index contributed by atoms with van der Waals surface area (Å²) in [5.41, 5.74) is 6.65. The molecule has 0 radical (unpaired) electrons. The predicted octanol–water partition coefficient (Wildman–Crippen LogP) is 2.43. The second kappa shape index (κ2) is 3.44. The van der Waals surface area contributed by atoms with Gasteiger partial charge in [-0.2, -0.15) is 0 Å². The Hall–Kier alpha value is -0.730. The number of phenolic OH excluding ortho intramolecular Hbond substituents is 1. The van der Waals surface area contributed by atoms with Crippen molar-refractivity contribution in [1.29, 1.82) is 0 Å². The minimum Gasteiger partial charge on any atom is -0.508 e. The highest BCUT2D eigenvalue weighted by Crippen LogP contribution is 2.53. The third kappa shape index (κ3) is 1.60. The number of nitrogens with two attached hydrogens (primary N) is 1. The first-order valence-corrected chi connectivity index (χ1v) is 5.25. The summed E-state index contributed by atoms with van der Waals surface area (Å²) in [5.74, 6) is 0.348. The highest BCUT2D eigenvalue weighted by Gasteiger charge is 2.44. The Morgan fingerprint density at radius 2 is 2.14 bits per heavy atom. The topological polar surface area (TPSA) is 46.2 Å². The number of rotatable bonds is 3. The van der Waals surface area contributed by atoms with Crippen LogP contribution in [0.3, 0.4) is 0 Å². The van der Waals surface area contributed by atoms with Crippen molar-refractivity contribution in [3.8, 4) is 5.75 Å². The molecule has 2 nitrogen and oxygen atoms in total. The molecule has 14 heavy (non-hydrogen) atoms. The molecule has 76 valence electrons. The molecule has 1 aromatic rings. The maximum Gasteiger partial charge on any atom is 0.119 e. The lowest BCUT2D eigenvalue weighted by Gasteiger charge is -2.16. The molecule has 2 rings (SSSR count). The van der Waals surface area contributed by atoms with Gasteiger partial charge in [0, 0.05) is 16.0 Å². The fourth-order valence-corrected chi connectivity index (χ4v) is 2.19. The van der Waals surface area contributed by atoms with Crippen molar-refractivity contribution in [2.24, 2.45) is 5.73 Å². The van der Waals surface area contributed by atoms with Crippen LogP contribution < -0.4 is 5.73 Å². The molecule has 3 heteroatoms. The van der Waals surface area contributed by atoms with Crippen LogP contribution in [0.2, 0.25) is 5.02 Å². The van der Waals surface area contributed by atoms with E-state index < -0.39 is 0 Å². The van der Waals surface area contributed by atoms with Crippen molar-refractivity contribution >= 4 is 11.6 Å². The summed E-state index contributed by atoms with van der Waals surface area (Å²) in [5, 5.41) is 10.4. The van der Waals surface area contributed by atoms with Gasteiger partial charge in [0.25, 0.3) is 0 Å². The van der Waals surface area contributed by atoms with E-state index in [-0.39, 0.29) is 5.41 Å². The lowest BCUT2D eigenvalue weighted by Crippen LogP contribution is -2.13. The number of hydrogen-bond donors (Lipinski definition) is 2. The summed E-state index contributed by atoms with van der Waals surface area (Å²) < 4.78 is 0. The van der Waals surface area contributed by atoms with Crippen LogP contribution in [-0.4, -0.2) is 11.7 Å². The second-order valence-electron chi connectivity index (χ2n) is 3.98. The monoisotopic (exact) mass is 211 g/mol. The molecule has 3 N–H and O–H groups in total. The number of hydrogen-bond acceptors (Lipinski definition) is 2. The molecular formula is C11H14ClNO. The Kier molecular flexibility index (Phi) is 2.41. The molecule has 0 saturated heterocycles. The minimum atomic E-state index is 0.115. The average Bonchev–Trinajstić information content (AvgIpc) is 2.91. The van der Waals surface area contributed by atoms with E-state index in [9.17, 15) is 5.11 Å². The third-order valence-corrected chi connectivity index (χ3v) is 3.24. The quantitative estimate of drug-likeness (QED) is 0.807. The van der Waals surface area contributed by atoms with E-state index in [1.54, 1.807) is 12.1 Å². The van der Waals surface area contributed by atoms with E-state index in [1.165, 1.54) is 0 Å². The highest BCUT2D eigenvalue weighted by atomic mass is 35.5. The Bertz CT molecular complexity index is 347. The van der Waals surface area contributed by atoms with Gasteiger partial charge < -0.3 is 10.8 Å². The van der Waals surface area contributed by atoms with Crippen LogP contribution in [0.5, 0.6) is 5.75 Å². The molecule has 0 aliphatic heterocycles. The number of halogens is 1. The van der Waals surface area contributed by atoms with Gasteiger partial charge in [0.1, 0.15) is 5.75 Å². The van der Waals surface area contributed by atoms with Gasteiger partial charge in [0.2, 0.25) is 0 Å². The summed E-state index contributed by atoms with van der Waals surface area (Å²) in [6, 6.07) is 5.23. The molecule has 0 aromatic heterocycles. The smallest absolute Gasteiger partial charge is 0.119 e. The zero-order valence-corrected chi connectivity index (χ0v) is 8.72. The number of aromatic hydroxyl groups is 1. The van der Waals surface area contributed by atoms with Crippen LogP contribution >= 0.6 is 11.6 Å². The Balaban J connectivity index is 2.35. The van der Waals surface area contributed by atoms with Gasteiger partial charge in [-0.15, -0.1) is 0 Å². The third-order valence-electron chi connectivity index (χ3n) is 3.01. The van der Waals surface area contributed by atoms with Crippen molar-refractivity contribution in [3.63, 3.8) is 0 Å². The van der Waals surface area contributed by atoms with Crippen molar-refractivity contribution in [1.82, 2.24) is 0 Å². The van der Waals surface area contributed by atoms with Crippen molar-refractivity contribution < 1.29 is 5.11 Å². The molecule has 0 amide bonds. The van der Waals surface area contributed by atoms with Crippen LogP contribution in [0.4, 0.5) is 0 Å². The Morgan fingerprint density at radius 3 is 2.71 bits per heavy atom. The van der Waals surface area contributed by atoms with E-state index in [2.05, 4.69) is 0 Å². The zero-order chi connectivity index (χ0) is 10.2. The van der Waals surface area contributed by atoms with Crippen molar-refractivity contribution in [2.45, 2.75) is 24.7 Å². The number of benzene rings is 1. The van der Waals surface area contributed by atoms with Crippen LogP contribution in [0.1, 0.15) is 24.8 Å². The molecule has 1 aliphatic rings. The lowest BCUT2D eigenvalue weighted by atomic mass is 9.92. The maximum atomic E-state index is 9.74. The van der Waals surface area contributed by atoms with Gasteiger partial charge in [-0.1, -0.05) is 11.6 Å². The minimum absolute atomic E-state index is 0.115. The van der Waals surface area contributed by atoms with Crippen LogP contribution in [0, 0.1) is 0 Å². The Morgan fingerprint density at radius 1 is 1.43 bits per heavy atom. The molecule has 0 heterocycles. The lowest BCUT2D eigenvalue weighted by molar-refractivity contribution is 0.455. The van der Waals surface area contributed by atoms with Crippen molar-refractivity contribution in [2.75, 3.05) is 6.54 Å². The molecule has 1 saturated carbocycles. The first-order valence-electron chi connectivity index (χ1n) is 4.87. The largest absolute Gasteiger partial charge is 0.508 e. The normalized spacial score (nSPS) is 18.1. The summed E-state index contributed by atoms with van der Waals surface area (Å²) in [7, 11) is 0. The summed E-state index contributed by atoms with van der Waals surface area (Å²) in [4.78, 5) is 0. The summed E-state index contributed by atoms with van der Waals surface area (Å²) >= 11 is 5.91. The van der Waals surface area contributed by atoms with Gasteiger partial charge in [0.15, 0.2) is 0 Å². The maximum absolute atomic E-state index is 9.74. The fourth-order valence-electron chi connectivity index (χ4n) is 2.01. The van der Waals surface area contributed by atoms with Crippen LogP contribution in [0.25, 0.3) is 0 Å². The summed E-state index contributed by atoms with van der Waals surface area (Å²) in [6.07, 6.45) is 3.15. The molecule has 1 aromatic carbocycles. The van der Waals surface area contributed by atoms with E-state index in [4.69, 9.17) is 17.3 Å². The first kappa shape index (κ1) is 9.81. The SMILES string of the molecule is NCCC1(c2cc(Cl)ccc2O)CC1. The molecule has 1 aliphatic carbocycles.